The van der Waals surface area contributed by atoms with E-state index in [-0.39, 0.29) is 17.7 Å². The van der Waals surface area contributed by atoms with Crippen LogP contribution in [0.5, 0.6) is 0 Å². The number of carbonyl (C=O) groups excluding carboxylic acids is 2. The number of hydrogen-bond donors (Lipinski definition) is 0. The molecule has 1 fully saturated rings. The van der Waals surface area contributed by atoms with Gasteiger partial charge in [-0.25, -0.2) is 0 Å². The number of thioether (sulfide) groups is 1. The molecule has 0 radical (unpaired) electrons. The molecule has 2 aromatic rings. The predicted octanol–water partition coefficient (Wildman–Crippen LogP) is 5.34. The topological polar surface area (TPSA) is 37.4 Å². The average molecular weight is 409 g/mol. The highest BCUT2D eigenvalue weighted by Gasteiger charge is 2.35. The normalized spacial score (nSPS) is 16.4. The minimum atomic E-state index is -0.296. The molecular weight excluding hydrogens is 398 g/mol. The van der Waals surface area contributed by atoms with Crippen LogP contribution in [0.4, 0.5) is 4.79 Å². The Hall–Kier alpha value is -1.56. The third-order valence-electron chi connectivity index (χ3n) is 3.35. The number of benzene rings is 2. The van der Waals surface area contributed by atoms with Crippen LogP contribution in [0, 0.1) is 0 Å². The Morgan fingerprint density at radius 1 is 1.09 bits per heavy atom. The SMILES string of the molecule is O=C1S/C(=C/c2ccccc2Cl)C(=O)N1Cc1ccccc1Br. The molecule has 2 amide bonds. The Labute approximate surface area is 151 Å². The first-order chi connectivity index (χ1) is 11.1. The zero-order chi connectivity index (χ0) is 16.4. The number of nitrogens with zero attached hydrogens (tertiary/aromatic N) is 1. The van der Waals surface area contributed by atoms with Crippen LogP contribution in [0.15, 0.2) is 57.9 Å². The van der Waals surface area contributed by atoms with E-state index in [4.69, 9.17) is 11.6 Å². The highest BCUT2D eigenvalue weighted by molar-refractivity contribution is 9.10. The van der Waals surface area contributed by atoms with Gasteiger partial charge in [0, 0.05) is 9.50 Å². The van der Waals surface area contributed by atoms with Crippen molar-refractivity contribution in [3.8, 4) is 0 Å². The van der Waals surface area contributed by atoms with E-state index in [0.717, 1.165) is 27.4 Å². The Kier molecular flexibility index (Phi) is 4.90. The van der Waals surface area contributed by atoms with Gasteiger partial charge in [0.05, 0.1) is 11.4 Å². The van der Waals surface area contributed by atoms with Crippen LogP contribution in [0.2, 0.25) is 5.02 Å². The first-order valence-electron chi connectivity index (χ1n) is 6.79. The van der Waals surface area contributed by atoms with E-state index in [2.05, 4.69) is 15.9 Å². The molecule has 0 atom stereocenters. The third-order valence-corrected chi connectivity index (χ3v) is 5.38. The van der Waals surface area contributed by atoms with Gasteiger partial charge in [-0.1, -0.05) is 63.9 Å². The summed E-state index contributed by atoms with van der Waals surface area (Å²) < 4.78 is 0.870. The Morgan fingerprint density at radius 3 is 2.52 bits per heavy atom. The molecule has 116 valence electrons. The van der Waals surface area contributed by atoms with Crippen molar-refractivity contribution in [1.82, 2.24) is 4.90 Å². The van der Waals surface area contributed by atoms with Crippen molar-refractivity contribution in [1.29, 1.82) is 0 Å². The molecule has 0 aromatic heterocycles. The quantitative estimate of drug-likeness (QED) is 0.643. The van der Waals surface area contributed by atoms with Gasteiger partial charge in [0.15, 0.2) is 0 Å². The summed E-state index contributed by atoms with van der Waals surface area (Å²) in [5.41, 5.74) is 1.61. The summed E-state index contributed by atoms with van der Waals surface area (Å²) in [6.45, 7) is 0.242. The molecule has 0 unspecified atom stereocenters. The van der Waals surface area contributed by atoms with Gasteiger partial charge >= 0.3 is 0 Å². The van der Waals surface area contributed by atoms with Gasteiger partial charge in [-0.15, -0.1) is 0 Å². The number of carbonyl (C=O) groups is 2. The van der Waals surface area contributed by atoms with E-state index < -0.39 is 0 Å². The van der Waals surface area contributed by atoms with Crippen LogP contribution in [0.25, 0.3) is 6.08 Å². The van der Waals surface area contributed by atoms with E-state index in [9.17, 15) is 9.59 Å². The monoisotopic (exact) mass is 407 g/mol. The molecule has 3 rings (SSSR count). The summed E-state index contributed by atoms with van der Waals surface area (Å²) in [5, 5.41) is 0.272. The average Bonchev–Trinajstić information content (AvgIpc) is 2.79. The van der Waals surface area contributed by atoms with E-state index in [1.54, 1.807) is 12.1 Å². The Morgan fingerprint density at radius 2 is 1.78 bits per heavy atom. The Bertz CT molecular complexity index is 822. The van der Waals surface area contributed by atoms with Crippen LogP contribution in [-0.4, -0.2) is 16.0 Å². The third kappa shape index (κ3) is 3.52. The second-order valence-corrected chi connectivity index (χ2v) is 7.14. The van der Waals surface area contributed by atoms with Gasteiger partial charge in [-0.05, 0) is 41.1 Å². The summed E-state index contributed by atoms with van der Waals surface area (Å²) >= 11 is 10.5. The maximum absolute atomic E-state index is 12.5. The number of hydrogen-bond acceptors (Lipinski definition) is 3. The van der Waals surface area contributed by atoms with Crippen LogP contribution in [0.3, 0.4) is 0 Å². The molecule has 6 heteroatoms. The highest BCUT2D eigenvalue weighted by Crippen LogP contribution is 2.35. The van der Waals surface area contributed by atoms with Crippen molar-refractivity contribution in [3.05, 3.63) is 74.1 Å². The maximum Gasteiger partial charge on any atom is 0.293 e. The van der Waals surface area contributed by atoms with E-state index in [0.29, 0.717) is 9.93 Å². The smallest absolute Gasteiger partial charge is 0.268 e. The van der Waals surface area contributed by atoms with Gasteiger partial charge < -0.3 is 0 Å². The fraction of sp³-hybridized carbons (Fsp3) is 0.0588. The fourth-order valence-corrected chi connectivity index (χ4v) is 3.60. The highest BCUT2D eigenvalue weighted by atomic mass is 79.9. The predicted molar refractivity (Wildman–Crippen MR) is 97.1 cm³/mol. The molecule has 3 nitrogen and oxygen atoms in total. The zero-order valence-corrected chi connectivity index (χ0v) is 15.0. The first kappa shape index (κ1) is 16.3. The lowest BCUT2D eigenvalue weighted by atomic mass is 10.2. The van der Waals surface area contributed by atoms with Crippen LogP contribution < -0.4 is 0 Å². The van der Waals surface area contributed by atoms with Crippen LogP contribution in [-0.2, 0) is 11.3 Å². The lowest BCUT2D eigenvalue weighted by Gasteiger charge is -2.13. The Balaban J connectivity index is 1.86. The number of amides is 2. The second kappa shape index (κ2) is 6.91. The van der Waals surface area contributed by atoms with Crippen molar-refractivity contribution < 1.29 is 9.59 Å². The van der Waals surface area contributed by atoms with E-state index in [1.807, 2.05) is 42.5 Å². The van der Waals surface area contributed by atoms with E-state index >= 15 is 0 Å². The molecule has 1 heterocycles. The standard InChI is InChI=1S/C17H11BrClNO2S/c18-13-7-3-1-6-12(13)10-20-16(21)15(23-17(20)22)9-11-5-2-4-8-14(11)19/h1-9H,10H2/b15-9+. The summed E-state index contributed by atoms with van der Waals surface area (Å²) in [6.07, 6.45) is 1.66. The molecular formula is C17H11BrClNO2S. The molecule has 1 saturated heterocycles. The van der Waals surface area contributed by atoms with Crippen molar-refractivity contribution >= 4 is 56.5 Å². The van der Waals surface area contributed by atoms with Gasteiger partial charge in [0.25, 0.3) is 11.1 Å². The van der Waals surface area contributed by atoms with Gasteiger partial charge in [0.1, 0.15) is 0 Å². The molecule has 23 heavy (non-hydrogen) atoms. The lowest BCUT2D eigenvalue weighted by molar-refractivity contribution is -0.123. The molecule has 0 N–H and O–H groups in total. The number of rotatable bonds is 3. The maximum atomic E-state index is 12.5. The van der Waals surface area contributed by atoms with Gasteiger partial charge in [-0.3, -0.25) is 14.5 Å². The van der Waals surface area contributed by atoms with Crippen molar-refractivity contribution in [2.24, 2.45) is 0 Å². The van der Waals surface area contributed by atoms with Crippen LogP contribution >= 0.6 is 39.3 Å². The minimum Gasteiger partial charge on any atom is -0.268 e. The summed E-state index contributed by atoms with van der Waals surface area (Å²) in [6, 6.07) is 14.7. The van der Waals surface area contributed by atoms with E-state index in [1.165, 1.54) is 4.90 Å². The van der Waals surface area contributed by atoms with Crippen molar-refractivity contribution in [2.45, 2.75) is 6.54 Å². The molecule has 0 spiro atoms. The summed E-state index contributed by atoms with van der Waals surface area (Å²) in [7, 11) is 0. The van der Waals surface area contributed by atoms with Gasteiger partial charge in [0.2, 0.25) is 0 Å². The molecule has 2 aromatic carbocycles. The summed E-state index contributed by atoms with van der Waals surface area (Å²) in [5.74, 6) is -0.296. The molecule has 0 saturated carbocycles. The molecule has 0 bridgehead atoms. The summed E-state index contributed by atoms with van der Waals surface area (Å²) in [4.78, 5) is 26.3. The van der Waals surface area contributed by atoms with Crippen molar-refractivity contribution in [2.75, 3.05) is 0 Å². The molecule has 0 aliphatic carbocycles. The largest absolute Gasteiger partial charge is 0.293 e. The first-order valence-corrected chi connectivity index (χ1v) is 8.78. The number of imide groups is 1. The zero-order valence-electron chi connectivity index (χ0n) is 11.8. The number of halogens is 2. The van der Waals surface area contributed by atoms with Crippen LogP contribution in [0.1, 0.15) is 11.1 Å². The van der Waals surface area contributed by atoms with Gasteiger partial charge in [-0.2, -0.15) is 0 Å². The fourth-order valence-electron chi connectivity index (χ4n) is 2.17. The minimum absolute atomic E-state index is 0.242. The lowest BCUT2D eigenvalue weighted by Crippen LogP contribution is -2.27. The second-order valence-electron chi connectivity index (χ2n) is 4.88. The molecule has 1 aliphatic heterocycles. The van der Waals surface area contributed by atoms with Crippen molar-refractivity contribution in [3.63, 3.8) is 0 Å². The molecule has 1 aliphatic rings.